The van der Waals surface area contributed by atoms with Gasteiger partial charge in [-0.15, -0.1) is 0 Å². The minimum absolute atomic E-state index is 0.279. The van der Waals surface area contributed by atoms with Crippen LogP contribution in [0.5, 0.6) is 11.5 Å². The zero-order valence-electron chi connectivity index (χ0n) is 12.6. The molecular weight excluding hydrogens is 337 g/mol. The molecule has 3 N–H and O–H groups in total. The number of nitrogens with two attached hydrogens (primary N) is 1. The van der Waals surface area contributed by atoms with Gasteiger partial charge in [-0.05, 0) is 36.4 Å². The van der Waals surface area contributed by atoms with Crippen molar-refractivity contribution in [2.75, 3.05) is 25.6 Å². The van der Waals surface area contributed by atoms with Gasteiger partial charge in [0, 0.05) is 10.7 Å². The Hall–Kier alpha value is -2.11. The Labute approximate surface area is 145 Å². The van der Waals surface area contributed by atoms with Gasteiger partial charge in [0.1, 0.15) is 18.1 Å². The summed E-state index contributed by atoms with van der Waals surface area (Å²) in [5, 5.41) is 4.08. The van der Waals surface area contributed by atoms with Gasteiger partial charge in [-0.25, -0.2) is 4.99 Å². The van der Waals surface area contributed by atoms with E-state index in [1.165, 1.54) is 0 Å². The highest BCUT2D eigenvalue weighted by Gasteiger charge is 2.02. The molecule has 2 aromatic carbocycles. The zero-order valence-corrected chi connectivity index (χ0v) is 14.1. The predicted octanol–water partition coefficient (Wildman–Crippen LogP) is 3.81. The molecule has 0 aliphatic heterocycles. The van der Waals surface area contributed by atoms with Crippen molar-refractivity contribution in [1.82, 2.24) is 0 Å². The summed E-state index contributed by atoms with van der Waals surface area (Å²) in [6.45, 7) is 0.807. The van der Waals surface area contributed by atoms with Crippen LogP contribution in [0.15, 0.2) is 47.5 Å². The van der Waals surface area contributed by atoms with Crippen molar-refractivity contribution < 1.29 is 9.47 Å². The number of ether oxygens (including phenoxy) is 2. The van der Waals surface area contributed by atoms with Crippen LogP contribution in [-0.4, -0.2) is 26.2 Å². The van der Waals surface area contributed by atoms with Crippen molar-refractivity contribution in [3.8, 4) is 11.5 Å². The first-order chi connectivity index (χ1) is 11.1. The van der Waals surface area contributed by atoms with E-state index >= 15 is 0 Å². The Balaban J connectivity index is 1.82. The number of nitrogens with one attached hydrogen (secondary N) is 1. The fraction of sp³-hybridized carbons (Fsp3) is 0.188. The highest BCUT2D eigenvalue weighted by atomic mass is 35.5. The molecule has 0 aliphatic rings. The van der Waals surface area contributed by atoms with Crippen LogP contribution in [-0.2, 0) is 0 Å². The summed E-state index contributed by atoms with van der Waals surface area (Å²) in [6, 6.07) is 12.4. The van der Waals surface area contributed by atoms with Crippen molar-refractivity contribution in [1.29, 1.82) is 0 Å². The summed E-state index contributed by atoms with van der Waals surface area (Å²) < 4.78 is 10.6. The van der Waals surface area contributed by atoms with E-state index in [1.54, 1.807) is 37.4 Å². The Morgan fingerprint density at radius 2 is 2.04 bits per heavy atom. The second-order valence-electron chi connectivity index (χ2n) is 4.55. The van der Waals surface area contributed by atoms with Crippen molar-refractivity contribution >= 4 is 34.8 Å². The minimum Gasteiger partial charge on any atom is -0.495 e. The van der Waals surface area contributed by atoms with E-state index in [9.17, 15) is 0 Å². The number of aliphatic imine (C=N–C) groups is 1. The molecule has 0 aliphatic carbocycles. The standard InChI is InChI=1S/C16H17Cl2N3O2/c1-22-15-6-5-12(10-14(15)18)21-16(19)20-7-8-23-13-4-2-3-11(17)9-13/h2-6,9-10H,7-8H2,1H3,(H3,19,20,21). The van der Waals surface area contributed by atoms with Crippen LogP contribution >= 0.6 is 23.2 Å². The molecule has 0 heterocycles. The van der Waals surface area contributed by atoms with E-state index in [2.05, 4.69) is 10.3 Å². The maximum atomic E-state index is 6.04. The molecule has 0 saturated heterocycles. The summed E-state index contributed by atoms with van der Waals surface area (Å²) in [4.78, 5) is 4.18. The maximum absolute atomic E-state index is 6.04. The summed E-state index contributed by atoms with van der Waals surface area (Å²) in [7, 11) is 1.56. The summed E-state index contributed by atoms with van der Waals surface area (Å²) in [5.41, 5.74) is 6.55. The molecule has 0 aromatic heterocycles. The van der Waals surface area contributed by atoms with E-state index < -0.39 is 0 Å². The summed E-state index contributed by atoms with van der Waals surface area (Å²) in [6.07, 6.45) is 0. The third-order valence-electron chi connectivity index (χ3n) is 2.86. The van der Waals surface area contributed by atoms with Crippen LogP contribution in [0, 0.1) is 0 Å². The maximum Gasteiger partial charge on any atom is 0.193 e. The zero-order chi connectivity index (χ0) is 16.7. The number of hydrogen-bond acceptors (Lipinski definition) is 3. The number of hydrogen-bond donors (Lipinski definition) is 2. The molecule has 2 rings (SSSR count). The molecule has 0 bridgehead atoms. The monoisotopic (exact) mass is 353 g/mol. The number of guanidine groups is 1. The third-order valence-corrected chi connectivity index (χ3v) is 3.39. The highest BCUT2D eigenvalue weighted by molar-refractivity contribution is 6.32. The molecule has 0 saturated carbocycles. The van der Waals surface area contributed by atoms with Gasteiger partial charge in [0.15, 0.2) is 5.96 Å². The Kier molecular flexibility index (Phi) is 6.38. The van der Waals surface area contributed by atoms with E-state index in [1.807, 2.05) is 12.1 Å². The first-order valence-electron chi connectivity index (χ1n) is 6.87. The van der Waals surface area contributed by atoms with Gasteiger partial charge in [0.2, 0.25) is 0 Å². The van der Waals surface area contributed by atoms with Crippen molar-refractivity contribution in [2.24, 2.45) is 10.7 Å². The van der Waals surface area contributed by atoms with E-state index in [0.29, 0.717) is 34.7 Å². The first kappa shape index (κ1) is 17.2. The number of nitrogens with zero attached hydrogens (tertiary/aromatic N) is 1. The van der Waals surface area contributed by atoms with Crippen LogP contribution in [0.3, 0.4) is 0 Å². The number of methoxy groups -OCH3 is 1. The Bertz CT molecular complexity index is 693. The fourth-order valence-electron chi connectivity index (χ4n) is 1.82. The topological polar surface area (TPSA) is 68.9 Å². The molecule has 23 heavy (non-hydrogen) atoms. The van der Waals surface area contributed by atoms with Gasteiger partial charge in [-0.1, -0.05) is 29.3 Å². The lowest BCUT2D eigenvalue weighted by Crippen LogP contribution is -2.23. The molecule has 0 amide bonds. The lowest BCUT2D eigenvalue weighted by molar-refractivity contribution is 0.329. The van der Waals surface area contributed by atoms with Crippen LogP contribution in [0.1, 0.15) is 0 Å². The summed E-state index contributed by atoms with van der Waals surface area (Å²) >= 11 is 11.9. The summed E-state index contributed by atoms with van der Waals surface area (Å²) in [5.74, 6) is 1.57. The predicted molar refractivity (Wildman–Crippen MR) is 95.1 cm³/mol. The van der Waals surface area contributed by atoms with E-state index in [-0.39, 0.29) is 5.96 Å². The SMILES string of the molecule is COc1ccc(NC(N)=NCCOc2cccc(Cl)c2)cc1Cl. The second-order valence-corrected chi connectivity index (χ2v) is 5.39. The van der Waals surface area contributed by atoms with Gasteiger partial charge in [-0.2, -0.15) is 0 Å². The number of benzene rings is 2. The molecule has 0 radical (unpaired) electrons. The van der Waals surface area contributed by atoms with Gasteiger partial charge in [0.05, 0.1) is 18.7 Å². The third kappa shape index (κ3) is 5.54. The molecule has 5 nitrogen and oxygen atoms in total. The Morgan fingerprint density at radius 1 is 1.22 bits per heavy atom. The van der Waals surface area contributed by atoms with E-state index in [4.69, 9.17) is 38.4 Å². The molecule has 122 valence electrons. The normalized spacial score (nSPS) is 11.2. The minimum atomic E-state index is 0.279. The molecule has 0 spiro atoms. The average molecular weight is 354 g/mol. The number of rotatable bonds is 6. The van der Waals surface area contributed by atoms with Gasteiger partial charge >= 0.3 is 0 Å². The molecule has 0 unspecified atom stereocenters. The second kappa shape index (κ2) is 8.50. The molecule has 2 aromatic rings. The van der Waals surface area contributed by atoms with Crippen LogP contribution < -0.4 is 20.5 Å². The highest BCUT2D eigenvalue weighted by Crippen LogP contribution is 2.27. The lowest BCUT2D eigenvalue weighted by Gasteiger charge is -2.09. The molecule has 0 atom stereocenters. The smallest absolute Gasteiger partial charge is 0.193 e. The quantitative estimate of drug-likeness (QED) is 0.470. The molecular formula is C16H17Cl2N3O2. The van der Waals surface area contributed by atoms with Crippen LogP contribution in [0.25, 0.3) is 0 Å². The first-order valence-corrected chi connectivity index (χ1v) is 7.63. The number of halogens is 2. The largest absolute Gasteiger partial charge is 0.495 e. The van der Waals surface area contributed by atoms with Crippen LogP contribution in [0.4, 0.5) is 5.69 Å². The van der Waals surface area contributed by atoms with Crippen LogP contribution in [0.2, 0.25) is 10.0 Å². The van der Waals surface area contributed by atoms with Gasteiger partial charge < -0.3 is 20.5 Å². The lowest BCUT2D eigenvalue weighted by atomic mass is 10.3. The fourth-order valence-corrected chi connectivity index (χ4v) is 2.26. The van der Waals surface area contributed by atoms with Crippen molar-refractivity contribution in [3.63, 3.8) is 0 Å². The molecule has 0 fully saturated rings. The van der Waals surface area contributed by atoms with Crippen molar-refractivity contribution in [3.05, 3.63) is 52.5 Å². The Morgan fingerprint density at radius 3 is 2.74 bits per heavy atom. The molecule has 7 heteroatoms. The number of anilines is 1. The van der Waals surface area contributed by atoms with Gasteiger partial charge in [0.25, 0.3) is 0 Å². The van der Waals surface area contributed by atoms with E-state index in [0.717, 1.165) is 5.69 Å². The average Bonchev–Trinajstić information content (AvgIpc) is 2.52. The van der Waals surface area contributed by atoms with Gasteiger partial charge in [-0.3, -0.25) is 0 Å². The van der Waals surface area contributed by atoms with Crippen molar-refractivity contribution in [2.45, 2.75) is 0 Å².